The van der Waals surface area contributed by atoms with Crippen molar-refractivity contribution in [3.8, 4) is 17.2 Å². The van der Waals surface area contributed by atoms with E-state index < -0.39 is 5.97 Å². The van der Waals surface area contributed by atoms with Crippen molar-refractivity contribution in [2.45, 2.75) is 20.8 Å². The average molecular weight is 471 g/mol. The van der Waals surface area contributed by atoms with Crippen LogP contribution in [0.2, 0.25) is 0 Å². The number of aromatic carboxylic acids is 1. The van der Waals surface area contributed by atoms with Crippen LogP contribution in [0.25, 0.3) is 21.8 Å². The highest BCUT2D eigenvalue weighted by atomic mass is 16.4. The number of aromatic nitrogens is 2. The van der Waals surface area contributed by atoms with E-state index in [1.807, 2.05) is 62.4 Å². The number of benzene rings is 3. The summed E-state index contributed by atoms with van der Waals surface area (Å²) in [5.74, 6) is -0.804. The number of hydrogen-bond acceptors (Lipinski definition) is 6. The predicted octanol–water partition coefficient (Wildman–Crippen LogP) is 5.90. The molecule has 5 aromatic rings. The summed E-state index contributed by atoms with van der Waals surface area (Å²) >= 11 is 0. The summed E-state index contributed by atoms with van der Waals surface area (Å²) in [7, 11) is 0. The van der Waals surface area contributed by atoms with Gasteiger partial charge in [0.25, 0.3) is 0 Å². The minimum Gasteiger partial charge on any atom is -0.507 e. The highest BCUT2D eigenvalue weighted by molar-refractivity contribution is 5.91. The molecule has 2 aromatic heterocycles. The van der Waals surface area contributed by atoms with E-state index >= 15 is 0 Å². The summed E-state index contributed by atoms with van der Waals surface area (Å²) in [5.41, 5.74) is 3.97. The van der Waals surface area contributed by atoms with E-state index in [0.29, 0.717) is 11.0 Å². The molecule has 3 aromatic carbocycles. The largest absolute Gasteiger partial charge is 0.507 e. The van der Waals surface area contributed by atoms with E-state index in [9.17, 15) is 15.0 Å². The van der Waals surface area contributed by atoms with Crippen molar-refractivity contribution in [2.24, 2.45) is 0 Å². The first-order valence-electron chi connectivity index (χ1n) is 10.8. The van der Waals surface area contributed by atoms with Crippen LogP contribution in [-0.2, 0) is 0 Å². The Kier molecular flexibility index (Phi) is 7.84. The van der Waals surface area contributed by atoms with Gasteiger partial charge >= 0.3 is 5.97 Å². The van der Waals surface area contributed by atoms with E-state index in [1.165, 1.54) is 12.1 Å². The van der Waals surface area contributed by atoms with E-state index in [1.54, 1.807) is 25.1 Å². The minimum absolute atomic E-state index is 0.0509. The molecule has 0 unspecified atom stereocenters. The zero-order chi connectivity index (χ0) is 25.5. The fraction of sp³-hybridized carbons (Fsp3) is 0.107. The lowest BCUT2D eigenvalue weighted by Crippen LogP contribution is -1.96. The third-order valence-electron chi connectivity index (χ3n) is 5.06. The number of aryl methyl sites for hydroxylation is 3. The van der Waals surface area contributed by atoms with Gasteiger partial charge < -0.3 is 20.4 Å². The third-order valence-corrected chi connectivity index (χ3v) is 5.06. The van der Waals surface area contributed by atoms with Crippen LogP contribution in [0.4, 0.5) is 0 Å². The molecule has 7 nitrogen and oxygen atoms in total. The van der Waals surface area contributed by atoms with Crippen LogP contribution in [0, 0.1) is 20.8 Å². The summed E-state index contributed by atoms with van der Waals surface area (Å²) in [6.07, 6.45) is 0. The Bertz CT molecular complexity index is 1420. The Morgan fingerprint density at radius 3 is 1.54 bits per heavy atom. The molecule has 0 aliphatic carbocycles. The second-order valence-corrected chi connectivity index (χ2v) is 7.93. The molecular formula is C28H26N2O5. The van der Waals surface area contributed by atoms with Gasteiger partial charge in [0.1, 0.15) is 33.8 Å². The van der Waals surface area contributed by atoms with Crippen LogP contribution in [0.5, 0.6) is 17.2 Å². The topological polar surface area (TPSA) is 124 Å². The number of pyridine rings is 2. The third kappa shape index (κ3) is 6.45. The summed E-state index contributed by atoms with van der Waals surface area (Å²) in [5, 5.41) is 38.4. The molecular weight excluding hydrogens is 444 g/mol. The molecule has 0 amide bonds. The van der Waals surface area contributed by atoms with Gasteiger partial charge in [0, 0.05) is 22.2 Å². The normalized spacial score (nSPS) is 10.1. The Hall–Kier alpha value is -4.65. The number of hydrogen-bond donors (Lipinski definition) is 4. The highest BCUT2D eigenvalue weighted by Gasteiger charge is 2.07. The summed E-state index contributed by atoms with van der Waals surface area (Å²) in [6.45, 7) is 5.59. The number of carboxylic acid groups (broad SMARTS) is 1. The molecule has 0 aliphatic rings. The summed E-state index contributed by atoms with van der Waals surface area (Å²) in [4.78, 5) is 18.9. The lowest BCUT2D eigenvalue weighted by molar-refractivity contribution is 0.0693. The zero-order valence-electron chi connectivity index (χ0n) is 19.6. The van der Waals surface area contributed by atoms with E-state index in [4.69, 9.17) is 10.2 Å². The maximum Gasteiger partial charge on any atom is 0.339 e. The first-order valence-corrected chi connectivity index (χ1v) is 10.8. The van der Waals surface area contributed by atoms with Gasteiger partial charge in [-0.05, 0) is 57.2 Å². The molecule has 4 N–H and O–H groups in total. The van der Waals surface area contributed by atoms with Crippen LogP contribution in [0.1, 0.15) is 27.3 Å². The van der Waals surface area contributed by atoms with Gasteiger partial charge in [-0.25, -0.2) is 14.8 Å². The number of carboxylic acids is 1. The molecule has 7 heteroatoms. The molecule has 0 saturated carbocycles. The molecule has 0 fully saturated rings. The molecule has 5 rings (SSSR count). The Balaban J connectivity index is 0.000000147. The molecule has 0 bridgehead atoms. The van der Waals surface area contributed by atoms with Gasteiger partial charge in [-0.3, -0.25) is 0 Å². The molecule has 0 spiro atoms. The monoisotopic (exact) mass is 470 g/mol. The molecule has 2 heterocycles. The fourth-order valence-electron chi connectivity index (χ4n) is 3.28. The van der Waals surface area contributed by atoms with Crippen molar-refractivity contribution in [2.75, 3.05) is 0 Å². The van der Waals surface area contributed by atoms with Crippen LogP contribution in [0.3, 0.4) is 0 Å². The minimum atomic E-state index is -1.11. The maximum atomic E-state index is 10.4. The van der Waals surface area contributed by atoms with E-state index in [0.717, 1.165) is 27.7 Å². The molecule has 0 atom stereocenters. The quantitative estimate of drug-likeness (QED) is 0.241. The first kappa shape index (κ1) is 25.0. The SMILES string of the molecule is Cc1ccc(O)c(C(=O)O)c1.Cc1ccc2cccc(O)c2n1.Cc1ccc2cccc(O)c2n1. The van der Waals surface area contributed by atoms with Crippen molar-refractivity contribution in [1.82, 2.24) is 9.97 Å². The van der Waals surface area contributed by atoms with Crippen molar-refractivity contribution in [3.05, 3.63) is 101 Å². The lowest BCUT2D eigenvalue weighted by atomic mass is 10.1. The van der Waals surface area contributed by atoms with Gasteiger partial charge in [0.2, 0.25) is 0 Å². The number of carbonyl (C=O) groups is 1. The second kappa shape index (κ2) is 11.0. The molecule has 35 heavy (non-hydrogen) atoms. The molecule has 178 valence electrons. The number of nitrogens with zero attached hydrogens (tertiary/aromatic N) is 2. The van der Waals surface area contributed by atoms with Crippen LogP contribution in [0.15, 0.2) is 78.9 Å². The van der Waals surface area contributed by atoms with Crippen molar-refractivity contribution < 1.29 is 25.2 Å². The smallest absolute Gasteiger partial charge is 0.339 e. The van der Waals surface area contributed by atoms with Gasteiger partial charge in [0.05, 0.1) is 0 Å². The van der Waals surface area contributed by atoms with Gasteiger partial charge in [0.15, 0.2) is 0 Å². The molecule has 0 saturated heterocycles. The predicted molar refractivity (Wildman–Crippen MR) is 136 cm³/mol. The number of phenolic OH excluding ortho intramolecular Hbond substituents is 2. The van der Waals surface area contributed by atoms with Gasteiger partial charge in [-0.1, -0.05) is 48.0 Å². The summed E-state index contributed by atoms with van der Waals surface area (Å²) in [6, 6.07) is 23.0. The molecule has 0 aliphatic heterocycles. The Labute approximate surface area is 202 Å². The van der Waals surface area contributed by atoms with Crippen molar-refractivity contribution in [3.63, 3.8) is 0 Å². The number of fused-ring (bicyclic) bond motifs is 2. The second-order valence-electron chi connectivity index (χ2n) is 7.93. The van der Waals surface area contributed by atoms with E-state index in [2.05, 4.69) is 9.97 Å². The van der Waals surface area contributed by atoms with Crippen LogP contribution < -0.4 is 0 Å². The number of aromatic hydroxyl groups is 3. The zero-order valence-corrected chi connectivity index (χ0v) is 19.6. The Morgan fingerprint density at radius 2 is 1.11 bits per heavy atom. The van der Waals surface area contributed by atoms with Crippen molar-refractivity contribution in [1.29, 1.82) is 0 Å². The lowest BCUT2D eigenvalue weighted by Gasteiger charge is -1.99. The maximum absolute atomic E-state index is 10.4. The number of phenols is 3. The van der Waals surface area contributed by atoms with Gasteiger partial charge in [-0.2, -0.15) is 0 Å². The van der Waals surface area contributed by atoms with Crippen LogP contribution >= 0.6 is 0 Å². The Morgan fingerprint density at radius 1 is 0.629 bits per heavy atom. The standard InChI is InChI=1S/2C10H9NO.C8H8O3/c2*1-7-5-6-8-3-2-4-9(12)10(8)11-7;1-5-2-3-7(9)6(4-5)8(10)11/h2*2-6,12H,1H3;2-4,9H,1H3,(H,10,11). The summed E-state index contributed by atoms with van der Waals surface area (Å²) < 4.78 is 0. The van der Waals surface area contributed by atoms with Crippen molar-refractivity contribution >= 4 is 27.8 Å². The number of rotatable bonds is 1. The molecule has 0 radical (unpaired) electrons. The first-order chi connectivity index (χ1) is 16.7. The fourth-order valence-corrected chi connectivity index (χ4v) is 3.28. The number of para-hydroxylation sites is 2. The highest BCUT2D eigenvalue weighted by Crippen LogP contribution is 2.23. The van der Waals surface area contributed by atoms with Crippen LogP contribution in [-0.4, -0.2) is 36.4 Å². The van der Waals surface area contributed by atoms with Gasteiger partial charge in [-0.15, -0.1) is 0 Å². The van der Waals surface area contributed by atoms with E-state index in [-0.39, 0.29) is 22.8 Å². The average Bonchev–Trinajstić information content (AvgIpc) is 2.82.